The van der Waals surface area contributed by atoms with Crippen LogP contribution in [0.2, 0.25) is 0 Å². The number of fused-ring (bicyclic) bond motifs is 1. The van der Waals surface area contributed by atoms with Crippen LogP contribution < -0.4 is 10.1 Å². The predicted octanol–water partition coefficient (Wildman–Crippen LogP) is 3.61. The van der Waals surface area contributed by atoms with Crippen LogP contribution in [0.1, 0.15) is 35.3 Å². The Morgan fingerprint density at radius 3 is 2.61 bits per heavy atom. The molecule has 2 heterocycles. The van der Waals surface area contributed by atoms with Crippen LogP contribution in [-0.4, -0.2) is 70.6 Å². The van der Waals surface area contributed by atoms with Crippen molar-refractivity contribution in [3.8, 4) is 5.75 Å². The van der Waals surface area contributed by atoms with E-state index >= 15 is 0 Å². The third-order valence-corrected chi connectivity index (χ3v) is 6.85. The number of ether oxygens (including phenoxy) is 1. The van der Waals surface area contributed by atoms with Crippen LogP contribution in [0.3, 0.4) is 0 Å². The number of hydrogen-bond acceptors (Lipinski definition) is 6. The van der Waals surface area contributed by atoms with Gasteiger partial charge >= 0.3 is 0 Å². The first-order chi connectivity index (χ1) is 18.3. The molecule has 0 saturated carbocycles. The van der Waals surface area contributed by atoms with E-state index in [1.165, 1.54) is 0 Å². The van der Waals surface area contributed by atoms with E-state index in [9.17, 15) is 14.7 Å². The molecule has 0 radical (unpaired) electrons. The lowest BCUT2D eigenvalue weighted by Gasteiger charge is -2.38. The molecule has 0 bridgehead atoms. The van der Waals surface area contributed by atoms with Gasteiger partial charge in [0, 0.05) is 43.6 Å². The molecule has 3 aromatic rings. The van der Waals surface area contributed by atoms with Crippen molar-refractivity contribution < 1.29 is 19.4 Å². The highest BCUT2D eigenvalue weighted by Gasteiger charge is 2.33. The Labute approximate surface area is 224 Å². The highest BCUT2D eigenvalue weighted by molar-refractivity contribution is 6.00. The summed E-state index contributed by atoms with van der Waals surface area (Å²) in [7, 11) is 2.04. The molecule has 0 aliphatic carbocycles. The smallest absolute Gasteiger partial charge is 0.258 e. The van der Waals surface area contributed by atoms with Crippen LogP contribution in [0.25, 0.3) is 0 Å². The molecule has 38 heavy (non-hydrogen) atoms. The van der Waals surface area contributed by atoms with Crippen molar-refractivity contribution in [1.29, 1.82) is 0 Å². The summed E-state index contributed by atoms with van der Waals surface area (Å²) < 4.78 is 6.47. The molecule has 1 aliphatic heterocycles. The van der Waals surface area contributed by atoms with Gasteiger partial charge in [0.25, 0.3) is 5.91 Å². The molecule has 4 rings (SSSR count). The van der Waals surface area contributed by atoms with Crippen LogP contribution in [0.4, 0.5) is 5.69 Å². The Bertz CT molecular complexity index is 1220. The lowest BCUT2D eigenvalue weighted by atomic mass is 9.99. The van der Waals surface area contributed by atoms with Gasteiger partial charge in [-0.05, 0) is 55.4 Å². The molecule has 8 nitrogen and oxygen atoms in total. The van der Waals surface area contributed by atoms with Gasteiger partial charge in [-0.25, -0.2) is 0 Å². The molecule has 0 fully saturated rings. The summed E-state index contributed by atoms with van der Waals surface area (Å²) in [6.45, 7) is 5.59. The van der Waals surface area contributed by atoms with Crippen LogP contribution in [0.15, 0.2) is 73.1 Å². The van der Waals surface area contributed by atoms with E-state index in [2.05, 4.69) is 22.1 Å². The van der Waals surface area contributed by atoms with Crippen molar-refractivity contribution in [3.63, 3.8) is 0 Å². The van der Waals surface area contributed by atoms with Gasteiger partial charge in [0.2, 0.25) is 5.91 Å². The number of carbonyl (C=O) groups is 2. The first kappa shape index (κ1) is 27.3. The zero-order valence-corrected chi connectivity index (χ0v) is 22.2. The Kier molecular flexibility index (Phi) is 9.10. The minimum Gasteiger partial charge on any atom is -0.488 e. The average Bonchev–Trinajstić information content (AvgIpc) is 2.91. The first-order valence-electron chi connectivity index (χ1n) is 13.0. The predicted molar refractivity (Wildman–Crippen MR) is 147 cm³/mol. The van der Waals surface area contributed by atoms with Crippen molar-refractivity contribution in [1.82, 2.24) is 14.8 Å². The van der Waals surface area contributed by atoms with Crippen molar-refractivity contribution in [2.24, 2.45) is 5.92 Å². The number of carbonyl (C=O) groups excluding carboxylic acids is 2. The number of amides is 2. The molecular formula is C30H36N4O4. The third-order valence-electron chi connectivity index (χ3n) is 6.85. The second-order valence-electron chi connectivity index (χ2n) is 10.1. The summed E-state index contributed by atoms with van der Waals surface area (Å²) in [6.07, 6.45) is 3.61. The fourth-order valence-electron chi connectivity index (χ4n) is 4.68. The van der Waals surface area contributed by atoms with E-state index in [0.717, 1.165) is 17.7 Å². The monoisotopic (exact) mass is 516 g/mol. The van der Waals surface area contributed by atoms with Gasteiger partial charge in [-0.15, -0.1) is 0 Å². The maximum absolute atomic E-state index is 13.6. The van der Waals surface area contributed by atoms with Crippen molar-refractivity contribution in [2.45, 2.75) is 39.0 Å². The molecule has 1 aromatic heterocycles. The molecule has 0 saturated heterocycles. The molecule has 200 valence electrons. The molecule has 2 aromatic carbocycles. The number of likely N-dealkylation sites (N-methyl/N-ethyl adjacent to an activating group) is 1. The van der Waals surface area contributed by atoms with Gasteiger partial charge in [-0.1, -0.05) is 37.3 Å². The van der Waals surface area contributed by atoms with Crippen molar-refractivity contribution in [2.75, 3.05) is 32.1 Å². The Balaban J connectivity index is 1.56. The van der Waals surface area contributed by atoms with Crippen LogP contribution in [-0.2, 0) is 17.8 Å². The average molecular weight is 517 g/mol. The number of nitrogens with one attached hydrogen (secondary N) is 1. The van der Waals surface area contributed by atoms with Crippen LogP contribution in [0, 0.1) is 5.92 Å². The Hall–Kier alpha value is -3.75. The summed E-state index contributed by atoms with van der Waals surface area (Å²) in [5.41, 5.74) is 2.96. The molecule has 2 amide bonds. The number of anilines is 1. The maximum Gasteiger partial charge on any atom is 0.258 e. The minimum absolute atomic E-state index is 0.0197. The Morgan fingerprint density at radius 1 is 1.16 bits per heavy atom. The van der Waals surface area contributed by atoms with Gasteiger partial charge < -0.3 is 20.1 Å². The molecule has 8 heteroatoms. The minimum atomic E-state index is -0.359. The molecular weight excluding hydrogens is 480 g/mol. The number of aliphatic hydroxyl groups is 1. The number of aromatic nitrogens is 1. The lowest BCUT2D eigenvalue weighted by Crippen LogP contribution is -2.49. The van der Waals surface area contributed by atoms with Crippen LogP contribution in [0.5, 0.6) is 5.75 Å². The van der Waals surface area contributed by atoms with Gasteiger partial charge in [-0.3, -0.25) is 19.5 Å². The molecule has 1 aliphatic rings. The summed E-state index contributed by atoms with van der Waals surface area (Å²) >= 11 is 0. The standard InChI is InChI=1S/C30H36N4O4/c1-21-17-34(22(2)20-35)30(37)26-16-25(32-29(36)15-23-7-5-4-6-8-23)9-10-27(26)38-28(21)19-33(3)18-24-11-13-31-14-12-24/h4-14,16,21-22,28,35H,15,17-20H2,1-3H3,(H,32,36)/t21-,22-,28+/m0/s1. The van der Waals surface area contributed by atoms with E-state index in [0.29, 0.717) is 30.1 Å². The number of hydrogen-bond donors (Lipinski definition) is 2. The first-order valence-corrected chi connectivity index (χ1v) is 13.0. The fraction of sp³-hybridized carbons (Fsp3) is 0.367. The van der Waals surface area contributed by atoms with Gasteiger partial charge in [0.05, 0.1) is 24.6 Å². The molecule has 2 N–H and O–H groups in total. The zero-order chi connectivity index (χ0) is 27.1. The number of benzene rings is 2. The van der Waals surface area contributed by atoms with Crippen molar-refractivity contribution >= 4 is 17.5 Å². The normalized spacial score (nSPS) is 18.2. The van der Waals surface area contributed by atoms with E-state index in [1.54, 1.807) is 35.5 Å². The second kappa shape index (κ2) is 12.7. The summed E-state index contributed by atoms with van der Waals surface area (Å²) in [4.78, 5) is 34.3. The van der Waals surface area contributed by atoms with Gasteiger partial charge in [0.15, 0.2) is 0 Å². The molecule has 0 spiro atoms. The number of nitrogens with zero attached hydrogens (tertiary/aromatic N) is 3. The van der Waals surface area contributed by atoms with Crippen molar-refractivity contribution in [3.05, 3.63) is 89.7 Å². The topological polar surface area (TPSA) is 95.0 Å². The fourth-order valence-corrected chi connectivity index (χ4v) is 4.68. The number of pyridine rings is 1. The van der Waals surface area contributed by atoms with E-state index in [1.807, 2.05) is 56.4 Å². The van der Waals surface area contributed by atoms with Gasteiger partial charge in [0.1, 0.15) is 11.9 Å². The highest BCUT2D eigenvalue weighted by Crippen LogP contribution is 2.31. The van der Waals surface area contributed by atoms with Gasteiger partial charge in [-0.2, -0.15) is 0 Å². The highest BCUT2D eigenvalue weighted by atomic mass is 16.5. The third kappa shape index (κ3) is 6.96. The van der Waals surface area contributed by atoms with E-state index < -0.39 is 0 Å². The largest absolute Gasteiger partial charge is 0.488 e. The maximum atomic E-state index is 13.6. The number of rotatable bonds is 9. The van der Waals surface area contributed by atoms with E-state index in [-0.39, 0.29) is 42.9 Å². The quantitative estimate of drug-likeness (QED) is 0.451. The van der Waals surface area contributed by atoms with E-state index in [4.69, 9.17) is 4.74 Å². The summed E-state index contributed by atoms with van der Waals surface area (Å²) in [6, 6.07) is 18.3. The summed E-state index contributed by atoms with van der Waals surface area (Å²) in [5, 5.41) is 12.8. The second-order valence-corrected chi connectivity index (χ2v) is 10.1. The number of aliphatic hydroxyl groups excluding tert-OH is 1. The van der Waals surface area contributed by atoms with Crippen LogP contribution >= 0.6 is 0 Å². The Morgan fingerprint density at radius 2 is 1.89 bits per heavy atom. The zero-order valence-electron chi connectivity index (χ0n) is 22.2. The lowest BCUT2D eigenvalue weighted by molar-refractivity contribution is -0.115. The molecule has 0 unspecified atom stereocenters. The summed E-state index contributed by atoms with van der Waals surface area (Å²) in [5.74, 6) is 0.0997. The SMILES string of the molecule is C[C@H]1CN([C@@H](C)CO)C(=O)c2cc(NC(=O)Cc3ccccc3)ccc2O[C@@H]1CN(C)Cc1ccncc1. The molecule has 3 atom stereocenters.